The van der Waals surface area contributed by atoms with Gasteiger partial charge in [-0.15, -0.1) is 0 Å². The van der Waals surface area contributed by atoms with Gasteiger partial charge in [0, 0.05) is 38.2 Å². The lowest BCUT2D eigenvalue weighted by molar-refractivity contribution is -0.116. The number of amides is 1. The van der Waals surface area contributed by atoms with E-state index < -0.39 is 0 Å². The molecule has 6 heteroatoms. The summed E-state index contributed by atoms with van der Waals surface area (Å²) in [6.07, 6.45) is 0.409. The lowest BCUT2D eigenvalue weighted by atomic mass is 10.2. The third-order valence-electron chi connectivity index (χ3n) is 4.57. The van der Waals surface area contributed by atoms with Crippen LogP contribution in [-0.4, -0.2) is 45.9 Å². The molecule has 27 heavy (non-hydrogen) atoms. The highest BCUT2D eigenvalue weighted by atomic mass is 16.5. The third kappa shape index (κ3) is 5.45. The van der Waals surface area contributed by atoms with Gasteiger partial charge in [0.1, 0.15) is 5.75 Å². The highest BCUT2D eigenvalue weighted by Crippen LogP contribution is 2.26. The van der Waals surface area contributed by atoms with Crippen molar-refractivity contribution in [1.82, 2.24) is 5.32 Å². The molecule has 0 radical (unpaired) electrons. The van der Waals surface area contributed by atoms with Crippen LogP contribution in [0.1, 0.15) is 12.0 Å². The molecule has 0 aromatic heterocycles. The lowest BCUT2D eigenvalue weighted by Crippen LogP contribution is -2.36. The van der Waals surface area contributed by atoms with Gasteiger partial charge in [0.15, 0.2) is 0 Å². The number of carbonyl (C=O) groups is 1. The van der Waals surface area contributed by atoms with Gasteiger partial charge in [-0.1, -0.05) is 30.3 Å². The van der Waals surface area contributed by atoms with Crippen LogP contribution in [0, 0.1) is 0 Å². The van der Waals surface area contributed by atoms with E-state index in [1.54, 1.807) is 7.11 Å². The topological polar surface area (TPSA) is 62.8 Å². The van der Waals surface area contributed by atoms with E-state index in [-0.39, 0.29) is 5.91 Å². The minimum Gasteiger partial charge on any atom is -0.496 e. The summed E-state index contributed by atoms with van der Waals surface area (Å²) in [5.41, 5.74) is 2.99. The molecule has 1 aliphatic heterocycles. The van der Waals surface area contributed by atoms with E-state index in [0.29, 0.717) is 19.5 Å². The van der Waals surface area contributed by atoms with Crippen molar-refractivity contribution >= 4 is 17.3 Å². The van der Waals surface area contributed by atoms with E-state index >= 15 is 0 Å². The Bertz CT molecular complexity index is 745. The van der Waals surface area contributed by atoms with Crippen molar-refractivity contribution in [3.05, 3.63) is 54.1 Å². The van der Waals surface area contributed by atoms with E-state index in [0.717, 1.165) is 49.0 Å². The molecule has 6 nitrogen and oxygen atoms in total. The minimum absolute atomic E-state index is 0.00300. The summed E-state index contributed by atoms with van der Waals surface area (Å²) in [4.78, 5) is 14.6. The van der Waals surface area contributed by atoms with E-state index in [1.165, 1.54) is 0 Å². The first-order valence-corrected chi connectivity index (χ1v) is 9.32. The molecule has 0 spiro atoms. The van der Waals surface area contributed by atoms with E-state index in [1.807, 2.05) is 48.5 Å². The average Bonchev–Trinajstić information content (AvgIpc) is 2.72. The molecule has 0 atom stereocenters. The zero-order valence-electron chi connectivity index (χ0n) is 15.7. The van der Waals surface area contributed by atoms with Crippen molar-refractivity contribution in [3.8, 4) is 5.75 Å². The highest BCUT2D eigenvalue weighted by Gasteiger charge is 2.15. The van der Waals surface area contributed by atoms with E-state index in [4.69, 9.17) is 9.47 Å². The molecule has 0 unspecified atom stereocenters. The predicted octanol–water partition coefficient (Wildman–Crippen LogP) is 2.65. The van der Waals surface area contributed by atoms with Crippen molar-refractivity contribution < 1.29 is 14.3 Å². The van der Waals surface area contributed by atoms with Crippen LogP contribution in [0.2, 0.25) is 0 Å². The quantitative estimate of drug-likeness (QED) is 0.701. The number of methoxy groups -OCH3 is 1. The first kappa shape index (κ1) is 19.2. The number of nitrogens with zero attached hydrogens (tertiary/aromatic N) is 1. The monoisotopic (exact) mass is 369 g/mol. The van der Waals surface area contributed by atoms with E-state index in [9.17, 15) is 4.79 Å². The Balaban J connectivity index is 1.48. The summed E-state index contributed by atoms with van der Waals surface area (Å²) < 4.78 is 10.8. The summed E-state index contributed by atoms with van der Waals surface area (Å²) in [6, 6.07) is 15.8. The van der Waals surface area contributed by atoms with Crippen molar-refractivity contribution in [1.29, 1.82) is 0 Å². The molecule has 2 aromatic carbocycles. The molecular formula is C21H27N3O3. The summed E-state index contributed by atoms with van der Waals surface area (Å²) in [5, 5.41) is 6.35. The minimum atomic E-state index is 0.00300. The number of hydrogen-bond acceptors (Lipinski definition) is 5. The van der Waals surface area contributed by atoms with Gasteiger partial charge in [-0.05, 0) is 18.2 Å². The molecule has 2 N–H and O–H groups in total. The normalized spacial score (nSPS) is 14.0. The maximum atomic E-state index is 12.4. The number of morpholine rings is 1. The standard InChI is InChI=1S/C21H27N3O3/c1-26-20-9-5-2-6-17(20)16-22-11-10-21(25)23-18-7-3-4-8-19(18)24-12-14-27-15-13-24/h2-9,22H,10-16H2,1H3,(H,23,25). The fourth-order valence-corrected chi connectivity index (χ4v) is 3.15. The van der Waals surface area contributed by atoms with Crippen LogP contribution in [0.5, 0.6) is 5.75 Å². The number of rotatable bonds is 8. The van der Waals surface area contributed by atoms with Gasteiger partial charge in [-0.25, -0.2) is 0 Å². The van der Waals surface area contributed by atoms with Gasteiger partial charge < -0.3 is 25.0 Å². The highest BCUT2D eigenvalue weighted by molar-refractivity contribution is 5.94. The fourth-order valence-electron chi connectivity index (χ4n) is 3.15. The number of hydrogen-bond donors (Lipinski definition) is 2. The van der Waals surface area contributed by atoms with Crippen molar-refractivity contribution in [2.45, 2.75) is 13.0 Å². The number of carbonyl (C=O) groups excluding carboxylic acids is 1. The van der Waals surface area contributed by atoms with E-state index in [2.05, 4.69) is 15.5 Å². The number of benzene rings is 2. The van der Waals surface area contributed by atoms with Gasteiger partial charge >= 0.3 is 0 Å². The Morgan fingerprint density at radius 1 is 1.11 bits per heavy atom. The Morgan fingerprint density at radius 3 is 2.67 bits per heavy atom. The molecule has 0 aliphatic carbocycles. The third-order valence-corrected chi connectivity index (χ3v) is 4.57. The van der Waals surface area contributed by atoms with Gasteiger partial charge in [-0.3, -0.25) is 4.79 Å². The van der Waals surface area contributed by atoms with Crippen molar-refractivity contribution in [3.63, 3.8) is 0 Å². The number of ether oxygens (including phenoxy) is 2. The zero-order valence-corrected chi connectivity index (χ0v) is 15.7. The Labute approximate surface area is 160 Å². The number of anilines is 2. The number of para-hydroxylation sites is 3. The molecule has 144 valence electrons. The second-order valence-electron chi connectivity index (χ2n) is 6.40. The zero-order chi connectivity index (χ0) is 18.9. The molecule has 3 rings (SSSR count). The molecule has 1 saturated heterocycles. The van der Waals surface area contributed by atoms with Gasteiger partial charge in [0.25, 0.3) is 0 Å². The Morgan fingerprint density at radius 2 is 1.85 bits per heavy atom. The first-order chi connectivity index (χ1) is 13.3. The van der Waals surface area contributed by atoms with Gasteiger partial charge in [0.05, 0.1) is 31.7 Å². The fraction of sp³-hybridized carbons (Fsp3) is 0.381. The largest absolute Gasteiger partial charge is 0.496 e. The molecule has 0 bridgehead atoms. The Hall–Kier alpha value is -2.57. The van der Waals surface area contributed by atoms with Crippen LogP contribution in [-0.2, 0) is 16.1 Å². The summed E-state index contributed by atoms with van der Waals surface area (Å²) in [6.45, 7) is 4.39. The van der Waals surface area contributed by atoms with Crippen LogP contribution in [0.25, 0.3) is 0 Å². The summed E-state index contributed by atoms with van der Waals surface area (Å²) in [7, 11) is 1.66. The maximum absolute atomic E-state index is 12.4. The van der Waals surface area contributed by atoms with Gasteiger partial charge in [-0.2, -0.15) is 0 Å². The average molecular weight is 369 g/mol. The first-order valence-electron chi connectivity index (χ1n) is 9.32. The molecule has 1 amide bonds. The molecule has 0 saturated carbocycles. The predicted molar refractivity (Wildman–Crippen MR) is 107 cm³/mol. The maximum Gasteiger partial charge on any atom is 0.225 e. The van der Waals surface area contributed by atoms with Crippen LogP contribution >= 0.6 is 0 Å². The second-order valence-corrected chi connectivity index (χ2v) is 6.40. The van der Waals surface area contributed by atoms with Crippen LogP contribution in [0.3, 0.4) is 0 Å². The van der Waals surface area contributed by atoms with Crippen LogP contribution < -0.4 is 20.3 Å². The summed E-state index contributed by atoms with van der Waals surface area (Å²) >= 11 is 0. The summed E-state index contributed by atoms with van der Waals surface area (Å²) in [5.74, 6) is 0.858. The van der Waals surface area contributed by atoms with Crippen LogP contribution in [0.4, 0.5) is 11.4 Å². The molecule has 1 fully saturated rings. The Kier molecular flexibility index (Phi) is 7.07. The van der Waals surface area contributed by atoms with Crippen molar-refractivity contribution in [2.24, 2.45) is 0 Å². The molecule has 1 aliphatic rings. The van der Waals surface area contributed by atoms with Gasteiger partial charge in [0.2, 0.25) is 5.91 Å². The SMILES string of the molecule is COc1ccccc1CNCCC(=O)Nc1ccccc1N1CCOCC1. The molecule has 2 aromatic rings. The smallest absolute Gasteiger partial charge is 0.225 e. The lowest BCUT2D eigenvalue weighted by Gasteiger charge is -2.30. The van der Waals surface area contributed by atoms with Crippen molar-refractivity contribution in [2.75, 3.05) is 50.2 Å². The second kappa shape index (κ2) is 9.94. The van der Waals surface area contributed by atoms with Crippen LogP contribution in [0.15, 0.2) is 48.5 Å². The molecule has 1 heterocycles. The molecular weight excluding hydrogens is 342 g/mol. The number of nitrogens with one attached hydrogen (secondary N) is 2.